The molecule has 0 aromatic heterocycles. The Hall–Kier alpha value is -1.67. The molecule has 0 bridgehead atoms. The number of rotatable bonds is 2. The van der Waals surface area contributed by atoms with E-state index in [0.717, 1.165) is 24.0 Å². The van der Waals surface area contributed by atoms with Gasteiger partial charge in [-0.05, 0) is 54.5 Å². The molecular formula is C17H17FO. The van der Waals surface area contributed by atoms with E-state index in [4.69, 9.17) is 0 Å². The first-order valence-corrected chi connectivity index (χ1v) is 6.71. The van der Waals surface area contributed by atoms with Crippen LogP contribution in [0.25, 0.3) is 0 Å². The fraction of sp³-hybridized carbons (Fsp3) is 0.294. The van der Waals surface area contributed by atoms with Crippen molar-refractivity contribution in [1.29, 1.82) is 0 Å². The first-order chi connectivity index (χ1) is 9.15. The first kappa shape index (κ1) is 12.4. The molecule has 0 aliphatic heterocycles. The maximum absolute atomic E-state index is 13.9. The molecule has 1 aliphatic rings. The molecule has 0 spiro atoms. The molecule has 1 aliphatic carbocycles. The van der Waals surface area contributed by atoms with Gasteiger partial charge in [0.25, 0.3) is 0 Å². The molecule has 2 heteroatoms. The molecule has 0 radical (unpaired) electrons. The molecule has 0 saturated heterocycles. The number of hydrogen-bond donors (Lipinski definition) is 1. The summed E-state index contributed by atoms with van der Waals surface area (Å²) in [4.78, 5) is 0. The normalized spacial score (nSPS) is 15.3. The van der Waals surface area contributed by atoms with Gasteiger partial charge < -0.3 is 5.11 Å². The van der Waals surface area contributed by atoms with Gasteiger partial charge in [0.2, 0.25) is 0 Å². The maximum atomic E-state index is 13.9. The summed E-state index contributed by atoms with van der Waals surface area (Å²) in [6.07, 6.45) is 2.47. The van der Waals surface area contributed by atoms with E-state index >= 15 is 0 Å². The number of fused-ring (bicyclic) bond motifs is 1. The highest BCUT2D eigenvalue weighted by Crippen LogP contribution is 2.29. The molecule has 1 N–H and O–H groups in total. The van der Waals surface area contributed by atoms with Crippen LogP contribution < -0.4 is 0 Å². The molecule has 0 amide bonds. The molecule has 3 rings (SSSR count). The van der Waals surface area contributed by atoms with Crippen LogP contribution in [-0.4, -0.2) is 5.11 Å². The van der Waals surface area contributed by atoms with Crippen molar-refractivity contribution in [2.45, 2.75) is 32.3 Å². The summed E-state index contributed by atoms with van der Waals surface area (Å²) in [5.74, 6) is -0.340. The van der Waals surface area contributed by atoms with E-state index < -0.39 is 6.10 Å². The third-order valence-corrected chi connectivity index (χ3v) is 3.89. The Morgan fingerprint density at radius 3 is 2.63 bits per heavy atom. The van der Waals surface area contributed by atoms with Gasteiger partial charge in [0.1, 0.15) is 11.9 Å². The zero-order valence-electron chi connectivity index (χ0n) is 11.0. The summed E-state index contributed by atoms with van der Waals surface area (Å²) in [6, 6.07) is 11.0. The number of aryl methyl sites for hydroxylation is 3. The minimum Gasteiger partial charge on any atom is -0.384 e. The highest BCUT2D eigenvalue weighted by Gasteiger charge is 2.18. The molecular weight excluding hydrogens is 239 g/mol. The van der Waals surface area contributed by atoms with E-state index in [1.165, 1.54) is 23.6 Å². The van der Waals surface area contributed by atoms with E-state index in [1.54, 1.807) is 6.07 Å². The molecule has 1 unspecified atom stereocenters. The van der Waals surface area contributed by atoms with Crippen LogP contribution in [-0.2, 0) is 12.8 Å². The van der Waals surface area contributed by atoms with Gasteiger partial charge >= 0.3 is 0 Å². The van der Waals surface area contributed by atoms with E-state index in [-0.39, 0.29) is 5.82 Å². The standard InChI is InChI=1S/C17H17FO/c1-11-5-8-15(16(18)9-11)17(19)14-7-6-12-3-2-4-13(12)10-14/h5-10,17,19H,2-4H2,1H3. The van der Waals surface area contributed by atoms with Gasteiger partial charge in [-0.15, -0.1) is 0 Å². The second-order valence-corrected chi connectivity index (χ2v) is 5.31. The number of halogens is 1. The van der Waals surface area contributed by atoms with Gasteiger partial charge in [-0.1, -0.05) is 30.3 Å². The van der Waals surface area contributed by atoms with Crippen molar-refractivity contribution in [3.05, 3.63) is 70.0 Å². The number of benzene rings is 2. The lowest BCUT2D eigenvalue weighted by atomic mass is 9.97. The monoisotopic (exact) mass is 256 g/mol. The van der Waals surface area contributed by atoms with Crippen molar-refractivity contribution in [2.24, 2.45) is 0 Å². The number of hydrogen-bond acceptors (Lipinski definition) is 1. The quantitative estimate of drug-likeness (QED) is 0.868. The third kappa shape index (κ3) is 2.28. The summed E-state index contributed by atoms with van der Waals surface area (Å²) in [7, 11) is 0. The van der Waals surface area contributed by atoms with Crippen LogP contribution in [0.5, 0.6) is 0 Å². The van der Waals surface area contributed by atoms with Gasteiger partial charge in [-0.3, -0.25) is 0 Å². The third-order valence-electron chi connectivity index (χ3n) is 3.89. The SMILES string of the molecule is Cc1ccc(C(O)c2ccc3c(c2)CCC3)c(F)c1. The lowest BCUT2D eigenvalue weighted by molar-refractivity contribution is 0.215. The first-order valence-electron chi connectivity index (χ1n) is 6.71. The number of aliphatic hydroxyl groups excluding tert-OH is 1. The fourth-order valence-corrected chi connectivity index (χ4v) is 2.80. The summed E-state index contributed by atoms with van der Waals surface area (Å²) in [6.45, 7) is 1.84. The van der Waals surface area contributed by atoms with E-state index in [1.807, 2.05) is 25.1 Å². The van der Waals surface area contributed by atoms with Gasteiger partial charge in [0, 0.05) is 5.56 Å². The lowest BCUT2D eigenvalue weighted by Crippen LogP contribution is -2.03. The molecule has 1 atom stereocenters. The Morgan fingerprint density at radius 2 is 1.84 bits per heavy atom. The fourth-order valence-electron chi connectivity index (χ4n) is 2.80. The maximum Gasteiger partial charge on any atom is 0.129 e. The van der Waals surface area contributed by atoms with E-state index in [9.17, 15) is 9.50 Å². The molecule has 19 heavy (non-hydrogen) atoms. The molecule has 1 nitrogen and oxygen atoms in total. The minimum atomic E-state index is -0.883. The van der Waals surface area contributed by atoms with Crippen LogP contribution in [0.15, 0.2) is 36.4 Å². The van der Waals surface area contributed by atoms with Crippen LogP contribution in [0.4, 0.5) is 4.39 Å². The second-order valence-electron chi connectivity index (χ2n) is 5.31. The zero-order chi connectivity index (χ0) is 13.4. The topological polar surface area (TPSA) is 20.2 Å². The zero-order valence-corrected chi connectivity index (χ0v) is 11.0. The van der Waals surface area contributed by atoms with Crippen LogP contribution >= 0.6 is 0 Å². The second kappa shape index (κ2) is 4.78. The average Bonchev–Trinajstić information content (AvgIpc) is 2.85. The molecule has 0 saturated carbocycles. The van der Waals surface area contributed by atoms with Crippen molar-refractivity contribution >= 4 is 0 Å². The Morgan fingerprint density at radius 1 is 1.05 bits per heavy atom. The molecule has 0 fully saturated rings. The largest absolute Gasteiger partial charge is 0.384 e. The van der Waals surface area contributed by atoms with Gasteiger partial charge in [-0.25, -0.2) is 4.39 Å². The highest BCUT2D eigenvalue weighted by atomic mass is 19.1. The molecule has 0 heterocycles. The Labute approximate surface area is 112 Å². The van der Waals surface area contributed by atoms with Crippen LogP contribution in [0, 0.1) is 12.7 Å². The van der Waals surface area contributed by atoms with Gasteiger partial charge in [0.15, 0.2) is 0 Å². The minimum absolute atomic E-state index is 0.340. The molecule has 98 valence electrons. The van der Waals surface area contributed by atoms with Crippen molar-refractivity contribution in [3.8, 4) is 0 Å². The highest BCUT2D eigenvalue weighted by molar-refractivity contribution is 5.39. The predicted octanol–water partition coefficient (Wildman–Crippen LogP) is 3.70. The van der Waals surface area contributed by atoms with Crippen LogP contribution in [0.1, 0.15) is 40.3 Å². The summed E-state index contributed by atoms with van der Waals surface area (Å²) < 4.78 is 13.9. The van der Waals surface area contributed by atoms with Crippen molar-refractivity contribution < 1.29 is 9.50 Å². The summed E-state index contributed by atoms with van der Waals surface area (Å²) >= 11 is 0. The molecule has 2 aromatic rings. The van der Waals surface area contributed by atoms with Crippen LogP contribution in [0.3, 0.4) is 0 Å². The van der Waals surface area contributed by atoms with Crippen molar-refractivity contribution in [3.63, 3.8) is 0 Å². The Bertz CT molecular complexity index is 619. The average molecular weight is 256 g/mol. The van der Waals surface area contributed by atoms with E-state index in [2.05, 4.69) is 6.07 Å². The van der Waals surface area contributed by atoms with Crippen LogP contribution in [0.2, 0.25) is 0 Å². The van der Waals surface area contributed by atoms with Gasteiger partial charge in [-0.2, -0.15) is 0 Å². The predicted molar refractivity (Wildman–Crippen MR) is 73.7 cm³/mol. The van der Waals surface area contributed by atoms with Crippen molar-refractivity contribution in [1.82, 2.24) is 0 Å². The smallest absolute Gasteiger partial charge is 0.129 e. The van der Waals surface area contributed by atoms with Crippen molar-refractivity contribution in [2.75, 3.05) is 0 Å². The summed E-state index contributed by atoms with van der Waals surface area (Å²) in [5, 5.41) is 10.4. The lowest BCUT2D eigenvalue weighted by Gasteiger charge is -2.14. The Kier molecular flexibility index (Phi) is 3.11. The molecule has 2 aromatic carbocycles. The van der Waals surface area contributed by atoms with E-state index in [0.29, 0.717) is 5.56 Å². The Balaban J connectivity index is 1.97. The van der Waals surface area contributed by atoms with Gasteiger partial charge in [0.05, 0.1) is 0 Å². The summed E-state index contributed by atoms with van der Waals surface area (Å²) in [5.41, 5.74) is 4.65. The number of aliphatic hydroxyl groups is 1.